The largest absolute Gasteiger partial charge is 0.465 e. The van der Waals surface area contributed by atoms with Crippen LogP contribution in [0.3, 0.4) is 0 Å². The quantitative estimate of drug-likeness (QED) is 0.497. The minimum atomic E-state index is -0.354. The number of carbonyl (C=O) groups is 2. The number of rotatable bonds is 8. The standard InChI is InChI=1S/C12H22ClNO3/c1-4-17-12(16)9-14(8-10(2)3)11(15)6-5-7-13/h10H,4-9H2,1-3H3. The van der Waals surface area contributed by atoms with Gasteiger partial charge in [-0.2, -0.15) is 0 Å². The molecule has 0 aliphatic heterocycles. The van der Waals surface area contributed by atoms with Gasteiger partial charge in [0.05, 0.1) is 6.61 Å². The van der Waals surface area contributed by atoms with E-state index in [0.717, 1.165) is 0 Å². The van der Waals surface area contributed by atoms with Crippen molar-refractivity contribution in [3.8, 4) is 0 Å². The molecule has 0 bridgehead atoms. The second kappa shape index (κ2) is 9.28. The van der Waals surface area contributed by atoms with Crippen LogP contribution in [-0.2, 0) is 14.3 Å². The normalized spacial score (nSPS) is 10.4. The maximum Gasteiger partial charge on any atom is 0.325 e. The molecule has 0 aliphatic rings. The van der Waals surface area contributed by atoms with Crippen molar-refractivity contribution < 1.29 is 14.3 Å². The summed E-state index contributed by atoms with van der Waals surface area (Å²) < 4.78 is 4.85. The molecule has 1 amide bonds. The minimum Gasteiger partial charge on any atom is -0.465 e. The molecule has 0 spiro atoms. The van der Waals surface area contributed by atoms with E-state index in [2.05, 4.69) is 0 Å². The number of amides is 1. The van der Waals surface area contributed by atoms with Gasteiger partial charge in [0.2, 0.25) is 5.91 Å². The van der Waals surface area contributed by atoms with E-state index in [1.54, 1.807) is 11.8 Å². The number of hydrogen-bond donors (Lipinski definition) is 0. The summed E-state index contributed by atoms with van der Waals surface area (Å²) in [6.07, 6.45) is 1.02. The summed E-state index contributed by atoms with van der Waals surface area (Å²) in [7, 11) is 0. The monoisotopic (exact) mass is 263 g/mol. The lowest BCUT2D eigenvalue weighted by Gasteiger charge is -2.23. The Bertz CT molecular complexity index is 244. The average Bonchev–Trinajstić information content (AvgIpc) is 2.24. The molecule has 4 nitrogen and oxygen atoms in total. The molecule has 0 saturated heterocycles. The summed E-state index contributed by atoms with van der Waals surface area (Å²) >= 11 is 5.55. The molecule has 0 heterocycles. The van der Waals surface area contributed by atoms with Gasteiger partial charge in [0.15, 0.2) is 0 Å². The Labute approximate surface area is 108 Å². The van der Waals surface area contributed by atoms with E-state index in [4.69, 9.17) is 16.3 Å². The van der Waals surface area contributed by atoms with Crippen LogP contribution in [0.25, 0.3) is 0 Å². The number of halogens is 1. The van der Waals surface area contributed by atoms with Crippen LogP contribution in [-0.4, -0.2) is 42.4 Å². The molecule has 0 fully saturated rings. The van der Waals surface area contributed by atoms with Gasteiger partial charge in [0.1, 0.15) is 6.54 Å². The van der Waals surface area contributed by atoms with E-state index in [1.165, 1.54) is 0 Å². The predicted molar refractivity (Wildman–Crippen MR) is 68.0 cm³/mol. The van der Waals surface area contributed by atoms with E-state index in [0.29, 0.717) is 37.8 Å². The zero-order valence-electron chi connectivity index (χ0n) is 10.9. The highest BCUT2D eigenvalue weighted by Crippen LogP contribution is 2.04. The molecule has 0 saturated carbocycles. The molecule has 0 aromatic heterocycles. The van der Waals surface area contributed by atoms with E-state index >= 15 is 0 Å². The molecule has 0 N–H and O–H groups in total. The van der Waals surface area contributed by atoms with Crippen LogP contribution in [0.5, 0.6) is 0 Å². The summed E-state index contributed by atoms with van der Waals surface area (Å²) in [5.41, 5.74) is 0. The number of carbonyl (C=O) groups excluding carboxylic acids is 2. The highest BCUT2D eigenvalue weighted by molar-refractivity contribution is 6.17. The molecule has 17 heavy (non-hydrogen) atoms. The summed E-state index contributed by atoms with van der Waals surface area (Å²) in [4.78, 5) is 24.8. The van der Waals surface area contributed by atoms with E-state index in [9.17, 15) is 9.59 Å². The van der Waals surface area contributed by atoms with Gasteiger partial charge >= 0.3 is 5.97 Å². The molecular formula is C12H22ClNO3. The summed E-state index contributed by atoms with van der Waals surface area (Å²) in [5.74, 6) is 0.393. The van der Waals surface area contributed by atoms with Crippen molar-refractivity contribution in [3.63, 3.8) is 0 Å². The molecular weight excluding hydrogens is 242 g/mol. The smallest absolute Gasteiger partial charge is 0.325 e. The van der Waals surface area contributed by atoms with Crippen LogP contribution in [0.15, 0.2) is 0 Å². The van der Waals surface area contributed by atoms with Crippen LogP contribution in [0, 0.1) is 5.92 Å². The highest BCUT2D eigenvalue weighted by Gasteiger charge is 2.18. The first-order chi connectivity index (χ1) is 8.01. The maximum atomic E-state index is 11.8. The van der Waals surface area contributed by atoms with E-state index < -0.39 is 0 Å². The number of ether oxygens (including phenoxy) is 1. The van der Waals surface area contributed by atoms with Gasteiger partial charge in [-0.1, -0.05) is 13.8 Å². The topological polar surface area (TPSA) is 46.6 Å². The van der Waals surface area contributed by atoms with Crippen LogP contribution in [0.2, 0.25) is 0 Å². The lowest BCUT2D eigenvalue weighted by atomic mass is 10.2. The van der Waals surface area contributed by atoms with Crippen molar-refractivity contribution in [2.45, 2.75) is 33.6 Å². The summed E-state index contributed by atoms with van der Waals surface area (Å²) in [6, 6.07) is 0. The first-order valence-electron chi connectivity index (χ1n) is 6.00. The molecule has 0 aromatic rings. The Hall–Kier alpha value is -0.770. The first-order valence-corrected chi connectivity index (χ1v) is 6.54. The molecule has 100 valence electrons. The van der Waals surface area contributed by atoms with Gasteiger partial charge in [0, 0.05) is 18.8 Å². The minimum absolute atomic E-state index is 0.0348. The van der Waals surface area contributed by atoms with Crippen molar-refractivity contribution in [1.82, 2.24) is 4.90 Å². The number of hydrogen-bond acceptors (Lipinski definition) is 3. The number of nitrogens with zero attached hydrogens (tertiary/aromatic N) is 1. The SMILES string of the molecule is CCOC(=O)CN(CC(C)C)C(=O)CCCCl. The lowest BCUT2D eigenvalue weighted by molar-refractivity contribution is -0.149. The second-order valence-corrected chi connectivity index (χ2v) is 4.64. The first kappa shape index (κ1) is 16.2. The molecule has 0 rings (SSSR count). The summed E-state index contributed by atoms with van der Waals surface area (Å²) in [6.45, 7) is 6.71. The Morgan fingerprint density at radius 3 is 2.47 bits per heavy atom. The van der Waals surface area contributed by atoms with Gasteiger partial charge in [-0.15, -0.1) is 11.6 Å². The van der Waals surface area contributed by atoms with Crippen LogP contribution < -0.4 is 0 Å². The Morgan fingerprint density at radius 2 is 2.00 bits per heavy atom. The van der Waals surface area contributed by atoms with Crippen molar-refractivity contribution in [2.24, 2.45) is 5.92 Å². The Kier molecular flexibility index (Phi) is 8.86. The van der Waals surface area contributed by atoms with Gasteiger partial charge in [-0.25, -0.2) is 0 Å². The molecule has 0 radical (unpaired) electrons. The fraction of sp³-hybridized carbons (Fsp3) is 0.833. The number of esters is 1. The third-order valence-corrected chi connectivity index (χ3v) is 2.36. The van der Waals surface area contributed by atoms with Crippen molar-refractivity contribution in [2.75, 3.05) is 25.6 Å². The lowest BCUT2D eigenvalue weighted by Crippen LogP contribution is -2.38. The number of alkyl halides is 1. The van der Waals surface area contributed by atoms with Gasteiger partial charge in [-0.3, -0.25) is 9.59 Å². The molecule has 0 atom stereocenters. The molecule has 0 aromatic carbocycles. The van der Waals surface area contributed by atoms with E-state index in [1.807, 2.05) is 13.8 Å². The predicted octanol–water partition coefficient (Wildman–Crippen LogP) is 2.05. The zero-order valence-corrected chi connectivity index (χ0v) is 11.6. The second-order valence-electron chi connectivity index (χ2n) is 4.27. The Morgan fingerprint density at radius 1 is 1.35 bits per heavy atom. The fourth-order valence-corrected chi connectivity index (χ4v) is 1.57. The highest BCUT2D eigenvalue weighted by atomic mass is 35.5. The van der Waals surface area contributed by atoms with Crippen LogP contribution in [0.4, 0.5) is 0 Å². The average molecular weight is 264 g/mol. The van der Waals surface area contributed by atoms with Crippen molar-refractivity contribution >= 4 is 23.5 Å². The molecule has 5 heteroatoms. The summed E-state index contributed by atoms with van der Waals surface area (Å²) in [5, 5.41) is 0. The van der Waals surface area contributed by atoms with Gasteiger partial charge in [-0.05, 0) is 19.3 Å². The molecule has 0 unspecified atom stereocenters. The van der Waals surface area contributed by atoms with Crippen LogP contribution in [0.1, 0.15) is 33.6 Å². The third kappa shape index (κ3) is 8.02. The van der Waals surface area contributed by atoms with Crippen LogP contribution >= 0.6 is 11.6 Å². The third-order valence-electron chi connectivity index (χ3n) is 2.09. The Balaban J connectivity index is 4.31. The fourth-order valence-electron chi connectivity index (χ4n) is 1.43. The van der Waals surface area contributed by atoms with Crippen molar-refractivity contribution in [3.05, 3.63) is 0 Å². The van der Waals surface area contributed by atoms with Gasteiger partial charge < -0.3 is 9.64 Å². The van der Waals surface area contributed by atoms with Gasteiger partial charge in [0.25, 0.3) is 0 Å². The van der Waals surface area contributed by atoms with E-state index in [-0.39, 0.29) is 18.4 Å². The molecule has 0 aliphatic carbocycles. The maximum absolute atomic E-state index is 11.8. The van der Waals surface area contributed by atoms with Crippen molar-refractivity contribution in [1.29, 1.82) is 0 Å². The zero-order chi connectivity index (χ0) is 13.3.